The van der Waals surface area contributed by atoms with Crippen molar-refractivity contribution in [1.29, 1.82) is 0 Å². The molecule has 3 N–H and O–H groups in total. The Bertz CT molecular complexity index is 677. The van der Waals surface area contributed by atoms with E-state index in [2.05, 4.69) is 33.3 Å². The van der Waals surface area contributed by atoms with E-state index in [1.54, 1.807) is 18.3 Å². The topological polar surface area (TPSA) is 87.4 Å². The number of fused-ring (bicyclic) bond motifs is 1. The Balaban J connectivity index is 1.94. The molecule has 1 saturated heterocycles. The Hall–Kier alpha value is -1.93. The van der Waals surface area contributed by atoms with E-state index in [1.807, 2.05) is 4.90 Å². The Morgan fingerprint density at radius 1 is 1.33 bits per heavy atom. The number of amides is 1. The first-order valence-electron chi connectivity index (χ1n) is 6.83. The lowest BCUT2D eigenvalue weighted by Gasteiger charge is -2.35. The average molecular weight is 306 g/mol. The number of aryl methyl sites for hydroxylation is 1. The number of nitrogens with two attached hydrogens (primary N) is 1. The number of carbonyl (C=O) groups excluding carboxylic acids is 1. The standard InChI is InChI=1S/C13H18N6OS/c1-8-7-10-11(15-13(17-14)16-12(10)21-8)19-5-3-18(4-6-19)9(2)20/h7H,3-6,14H2,1-2H3,(H,15,16,17). The highest BCUT2D eigenvalue weighted by Gasteiger charge is 2.22. The van der Waals surface area contributed by atoms with E-state index in [0.29, 0.717) is 5.95 Å². The molecule has 7 nitrogen and oxygen atoms in total. The van der Waals surface area contributed by atoms with Crippen LogP contribution < -0.4 is 16.2 Å². The molecule has 0 unspecified atom stereocenters. The van der Waals surface area contributed by atoms with E-state index in [9.17, 15) is 4.79 Å². The lowest BCUT2D eigenvalue weighted by molar-refractivity contribution is -0.129. The van der Waals surface area contributed by atoms with Gasteiger partial charge < -0.3 is 9.80 Å². The predicted molar refractivity (Wildman–Crippen MR) is 84.4 cm³/mol. The number of hydrazine groups is 1. The van der Waals surface area contributed by atoms with Crippen LogP contribution in [0.3, 0.4) is 0 Å². The van der Waals surface area contributed by atoms with E-state index in [1.165, 1.54) is 4.88 Å². The maximum Gasteiger partial charge on any atom is 0.240 e. The molecule has 21 heavy (non-hydrogen) atoms. The van der Waals surface area contributed by atoms with Gasteiger partial charge >= 0.3 is 0 Å². The predicted octanol–water partition coefficient (Wildman–Crippen LogP) is 0.954. The van der Waals surface area contributed by atoms with Gasteiger partial charge in [-0.1, -0.05) is 0 Å². The van der Waals surface area contributed by atoms with Crippen molar-refractivity contribution in [2.45, 2.75) is 13.8 Å². The van der Waals surface area contributed by atoms with Gasteiger partial charge in [0.05, 0.1) is 5.39 Å². The van der Waals surface area contributed by atoms with Crippen molar-refractivity contribution in [1.82, 2.24) is 14.9 Å². The van der Waals surface area contributed by atoms with Gasteiger partial charge in [-0.25, -0.2) is 10.8 Å². The molecule has 8 heteroatoms. The normalized spacial score (nSPS) is 15.6. The third-order valence-electron chi connectivity index (χ3n) is 3.65. The van der Waals surface area contributed by atoms with Crippen LogP contribution >= 0.6 is 11.3 Å². The maximum atomic E-state index is 11.4. The molecular formula is C13H18N6OS. The summed E-state index contributed by atoms with van der Waals surface area (Å²) in [5.41, 5.74) is 2.53. The van der Waals surface area contributed by atoms with E-state index in [-0.39, 0.29) is 5.91 Å². The molecule has 0 atom stereocenters. The quantitative estimate of drug-likeness (QED) is 0.634. The maximum absolute atomic E-state index is 11.4. The van der Waals surface area contributed by atoms with Gasteiger partial charge in [-0.2, -0.15) is 4.98 Å². The zero-order valence-corrected chi connectivity index (χ0v) is 12.9. The molecule has 0 aliphatic carbocycles. The highest BCUT2D eigenvalue weighted by atomic mass is 32.1. The first kappa shape index (κ1) is 14.0. The summed E-state index contributed by atoms with van der Waals surface area (Å²) in [6, 6.07) is 2.10. The molecule has 2 aromatic rings. The first-order chi connectivity index (χ1) is 10.1. The summed E-state index contributed by atoms with van der Waals surface area (Å²) in [5, 5.41) is 1.05. The summed E-state index contributed by atoms with van der Waals surface area (Å²) < 4.78 is 0. The molecule has 1 amide bonds. The third-order valence-corrected chi connectivity index (χ3v) is 4.59. The Morgan fingerprint density at radius 2 is 2.05 bits per heavy atom. The second-order valence-electron chi connectivity index (χ2n) is 5.08. The molecule has 1 aliphatic heterocycles. The van der Waals surface area contributed by atoms with Crippen LogP contribution in [-0.4, -0.2) is 47.0 Å². The SMILES string of the molecule is CC(=O)N1CCN(c2nc(NN)nc3sc(C)cc23)CC1. The summed E-state index contributed by atoms with van der Waals surface area (Å²) in [5.74, 6) is 6.90. The number of carbonyl (C=O) groups is 1. The second-order valence-corrected chi connectivity index (χ2v) is 6.32. The van der Waals surface area contributed by atoms with Crippen LogP contribution in [0, 0.1) is 6.92 Å². The molecule has 112 valence electrons. The smallest absolute Gasteiger partial charge is 0.240 e. The van der Waals surface area contributed by atoms with E-state index in [0.717, 1.165) is 42.2 Å². The molecule has 2 aromatic heterocycles. The number of aromatic nitrogens is 2. The minimum Gasteiger partial charge on any atom is -0.352 e. The summed E-state index contributed by atoms with van der Waals surface area (Å²) in [7, 11) is 0. The number of hydrogen-bond donors (Lipinski definition) is 2. The van der Waals surface area contributed by atoms with Crippen LogP contribution in [0.1, 0.15) is 11.8 Å². The minimum atomic E-state index is 0.123. The van der Waals surface area contributed by atoms with Crippen LogP contribution in [0.15, 0.2) is 6.07 Å². The van der Waals surface area contributed by atoms with Gasteiger partial charge in [-0.3, -0.25) is 10.2 Å². The van der Waals surface area contributed by atoms with Gasteiger partial charge in [0.25, 0.3) is 0 Å². The van der Waals surface area contributed by atoms with Crippen molar-refractivity contribution in [2.24, 2.45) is 5.84 Å². The zero-order chi connectivity index (χ0) is 15.0. The van der Waals surface area contributed by atoms with Crippen molar-refractivity contribution >= 4 is 39.2 Å². The minimum absolute atomic E-state index is 0.123. The second kappa shape index (κ2) is 5.45. The number of rotatable bonds is 2. The zero-order valence-electron chi connectivity index (χ0n) is 12.1. The van der Waals surface area contributed by atoms with Gasteiger partial charge in [0.15, 0.2) is 0 Å². The van der Waals surface area contributed by atoms with Gasteiger partial charge in [-0.05, 0) is 13.0 Å². The van der Waals surface area contributed by atoms with E-state index < -0.39 is 0 Å². The number of hydrogen-bond acceptors (Lipinski definition) is 7. The van der Waals surface area contributed by atoms with Gasteiger partial charge in [0.2, 0.25) is 11.9 Å². The fraction of sp³-hybridized carbons (Fsp3) is 0.462. The Kier molecular flexibility index (Phi) is 3.64. The number of nitrogens with zero attached hydrogens (tertiary/aromatic N) is 4. The monoisotopic (exact) mass is 306 g/mol. The van der Waals surface area contributed by atoms with Crippen molar-refractivity contribution in [2.75, 3.05) is 36.5 Å². The van der Waals surface area contributed by atoms with Crippen LogP contribution in [0.2, 0.25) is 0 Å². The molecule has 0 bridgehead atoms. The Morgan fingerprint density at radius 3 is 2.67 bits per heavy atom. The summed E-state index contributed by atoms with van der Waals surface area (Å²) in [6.07, 6.45) is 0. The van der Waals surface area contributed by atoms with Crippen LogP contribution in [0.5, 0.6) is 0 Å². The summed E-state index contributed by atoms with van der Waals surface area (Å²) in [4.78, 5) is 26.5. The van der Waals surface area contributed by atoms with E-state index >= 15 is 0 Å². The molecule has 3 rings (SSSR count). The average Bonchev–Trinajstić information content (AvgIpc) is 2.86. The summed E-state index contributed by atoms with van der Waals surface area (Å²) >= 11 is 1.63. The highest BCUT2D eigenvalue weighted by molar-refractivity contribution is 7.18. The molecule has 0 spiro atoms. The number of nitrogens with one attached hydrogen (secondary N) is 1. The molecular weight excluding hydrogens is 288 g/mol. The fourth-order valence-electron chi connectivity index (χ4n) is 2.57. The summed E-state index contributed by atoms with van der Waals surface area (Å²) in [6.45, 7) is 6.64. The number of piperazine rings is 1. The molecule has 1 fully saturated rings. The number of anilines is 2. The van der Waals surface area contributed by atoms with Gasteiger partial charge in [-0.15, -0.1) is 11.3 Å². The van der Waals surface area contributed by atoms with Gasteiger partial charge in [0.1, 0.15) is 10.6 Å². The molecule has 3 heterocycles. The molecule has 0 aromatic carbocycles. The van der Waals surface area contributed by atoms with Crippen LogP contribution in [0.25, 0.3) is 10.2 Å². The van der Waals surface area contributed by atoms with E-state index in [4.69, 9.17) is 5.84 Å². The number of thiophene rings is 1. The third kappa shape index (κ3) is 2.64. The number of nitrogen functional groups attached to an aromatic ring is 1. The van der Waals surface area contributed by atoms with Crippen molar-refractivity contribution < 1.29 is 4.79 Å². The fourth-order valence-corrected chi connectivity index (χ4v) is 3.44. The molecule has 1 aliphatic rings. The molecule has 0 saturated carbocycles. The van der Waals surface area contributed by atoms with Crippen molar-refractivity contribution in [3.8, 4) is 0 Å². The largest absolute Gasteiger partial charge is 0.352 e. The lowest BCUT2D eigenvalue weighted by Crippen LogP contribution is -2.48. The van der Waals surface area contributed by atoms with Crippen LogP contribution in [-0.2, 0) is 4.79 Å². The van der Waals surface area contributed by atoms with Gasteiger partial charge in [0, 0.05) is 38.0 Å². The van der Waals surface area contributed by atoms with Crippen molar-refractivity contribution in [3.05, 3.63) is 10.9 Å². The molecule has 0 radical (unpaired) electrons. The van der Waals surface area contributed by atoms with Crippen LogP contribution in [0.4, 0.5) is 11.8 Å². The van der Waals surface area contributed by atoms with Crippen molar-refractivity contribution in [3.63, 3.8) is 0 Å². The first-order valence-corrected chi connectivity index (χ1v) is 7.65. The lowest BCUT2D eigenvalue weighted by atomic mass is 10.2. The Labute approximate surface area is 126 Å². The highest BCUT2D eigenvalue weighted by Crippen LogP contribution is 2.32.